The Bertz CT molecular complexity index is 904. The summed E-state index contributed by atoms with van der Waals surface area (Å²) in [5.74, 6) is -0.243. The van der Waals surface area contributed by atoms with E-state index in [1.807, 2.05) is 6.08 Å². The summed E-state index contributed by atoms with van der Waals surface area (Å²) in [6.07, 6.45) is 17.4. The van der Waals surface area contributed by atoms with Crippen LogP contribution in [-0.2, 0) is 14.3 Å². The molecule has 0 unspecified atom stereocenters. The number of unbranched alkanes of at least 4 members (excludes halogenated alkanes) is 7. The molecule has 2 aliphatic heterocycles. The molecule has 0 atom stereocenters. The van der Waals surface area contributed by atoms with Crippen LogP contribution in [0.4, 0.5) is 4.39 Å². The lowest BCUT2D eigenvalue weighted by molar-refractivity contribution is -0.137. The van der Waals surface area contributed by atoms with Crippen molar-refractivity contribution in [2.24, 2.45) is 5.73 Å². The standard InChI is InChI=1S/C32H50FN3O3/c1-2-3-4-5-6-7-8-10-15-30(37)39-29(27-16-18-28(33)19-17-27)14-13-22-35-25-20-32(21-26-35,31(34)38)36-23-11-9-12-24-36/h14,16-19H,2-13,15,20-26H2,1H3,(H2,34,38)/b29-14-. The molecule has 1 amide bonds. The number of nitrogens with two attached hydrogens (primary N) is 1. The van der Waals surface area contributed by atoms with Gasteiger partial charge >= 0.3 is 5.97 Å². The van der Waals surface area contributed by atoms with Gasteiger partial charge in [-0.2, -0.15) is 0 Å². The van der Waals surface area contributed by atoms with E-state index in [1.54, 1.807) is 12.1 Å². The summed E-state index contributed by atoms with van der Waals surface area (Å²) < 4.78 is 19.3. The van der Waals surface area contributed by atoms with Crippen LogP contribution in [-0.4, -0.2) is 59.9 Å². The Kier molecular flexibility index (Phi) is 13.4. The van der Waals surface area contributed by atoms with Gasteiger partial charge in [0.2, 0.25) is 5.91 Å². The second-order valence-electron chi connectivity index (χ2n) is 11.3. The molecule has 3 rings (SSSR count). The minimum absolute atomic E-state index is 0.189. The van der Waals surface area contributed by atoms with Gasteiger partial charge in [0.1, 0.15) is 17.1 Å². The summed E-state index contributed by atoms with van der Waals surface area (Å²) in [4.78, 5) is 29.8. The van der Waals surface area contributed by atoms with Crippen LogP contribution in [0.25, 0.3) is 5.76 Å². The highest BCUT2D eigenvalue weighted by molar-refractivity contribution is 5.85. The van der Waals surface area contributed by atoms with E-state index in [-0.39, 0.29) is 17.7 Å². The lowest BCUT2D eigenvalue weighted by atomic mass is 9.83. The molecular weight excluding hydrogens is 493 g/mol. The van der Waals surface area contributed by atoms with Gasteiger partial charge in [0.15, 0.2) is 0 Å². The molecule has 0 spiro atoms. The number of esters is 1. The monoisotopic (exact) mass is 543 g/mol. The summed E-state index contributed by atoms with van der Waals surface area (Å²) in [6.45, 7) is 6.57. The van der Waals surface area contributed by atoms with E-state index in [2.05, 4.69) is 16.7 Å². The minimum atomic E-state index is -0.517. The average molecular weight is 544 g/mol. The molecule has 0 aliphatic carbocycles. The van der Waals surface area contributed by atoms with Crippen molar-refractivity contribution in [1.29, 1.82) is 0 Å². The fraction of sp³-hybridized carbons (Fsp3) is 0.688. The van der Waals surface area contributed by atoms with E-state index in [0.717, 1.165) is 77.7 Å². The molecule has 7 heteroatoms. The minimum Gasteiger partial charge on any atom is -0.426 e. The molecule has 0 radical (unpaired) electrons. The third kappa shape index (κ3) is 10.0. The number of carbonyl (C=O) groups is 2. The van der Waals surface area contributed by atoms with E-state index >= 15 is 0 Å². The van der Waals surface area contributed by atoms with Crippen LogP contribution >= 0.6 is 0 Å². The number of primary amides is 1. The lowest BCUT2D eigenvalue weighted by Crippen LogP contribution is -2.63. The summed E-state index contributed by atoms with van der Waals surface area (Å²) in [6, 6.07) is 6.10. The second-order valence-corrected chi connectivity index (χ2v) is 11.3. The van der Waals surface area contributed by atoms with Gasteiger partial charge in [0.25, 0.3) is 0 Å². The van der Waals surface area contributed by atoms with Gasteiger partial charge in [0.05, 0.1) is 0 Å². The summed E-state index contributed by atoms with van der Waals surface area (Å²) >= 11 is 0. The van der Waals surface area contributed by atoms with Gasteiger partial charge in [-0.15, -0.1) is 0 Å². The number of amides is 1. The van der Waals surface area contributed by atoms with Crippen molar-refractivity contribution in [3.05, 3.63) is 41.7 Å². The number of nitrogens with zero attached hydrogens (tertiary/aromatic N) is 2. The van der Waals surface area contributed by atoms with Crippen LogP contribution in [0.2, 0.25) is 0 Å². The van der Waals surface area contributed by atoms with Crippen LogP contribution in [0.15, 0.2) is 30.3 Å². The number of ether oxygens (including phenoxy) is 1. The van der Waals surface area contributed by atoms with E-state index in [9.17, 15) is 14.0 Å². The molecule has 2 heterocycles. The SMILES string of the molecule is CCCCCCCCCCC(=O)O/C(=C\CCN1CCC(C(N)=O)(N2CCCCC2)CC1)c1ccc(F)cc1. The molecule has 2 saturated heterocycles. The molecule has 1 aromatic carbocycles. The molecule has 1 aromatic rings. The van der Waals surface area contributed by atoms with E-state index in [0.29, 0.717) is 24.2 Å². The van der Waals surface area contributed by atoms with E-state index in [4.69, 9.17) is 10.5 Å². The average Bonchev–Trinajstić information content (AvgIpc) is 2.95. The summed E-state index contributed by atoms with van der Waals surface area (Å²) in [5, 5.41) is 0. The van der Waals surface area contributed by atoms with Crippen LogP contribution in [0.5, 0.6) is 0 Å². The second kappa shape index (κ2) is 16.8. The van der Waals surface area contributed by atoms with Gasteiger partial charge in [-0.05, 0) is 82.0 Å². The van der Waals surface area contributed by atoms with E-state index in [1.165, 1.54) is 50.7 Å². The fourth-order valence-electron chi connectivity index (χ4n) is 5.97. The molecule has 0 bridgehead atoms. The molecule has 6 nitrogen and oxygen atoms in total. The number of likely N-dealkylation sites (tertiary alicyclic amines) is 2. The number of piperidine rings is 2. The van der Waals surface area contributed by atoms with Gasteiger partial charge in [0, 0.05) is 31.6 Å². The Morgan fingerprint density at radius 2 is 1.54 bits per heavy atom. The van der Waals surface area contributed by atoms with Crippen molar-refractivity contribution >= 4 is 17.6 Å². The Hall–Kier alpha value is -2.25. The van der Waals surface area contributed by atoms with Gasteiger partial charge < -0.3 is 15.4 Å². The quantitative estimate of drug-likeness (QED) is 0.148. The Morgan fingerprint density at radius 1 is 0.923 bits per heavy atom. The largest absolute Gasteiger partial charge is 0.426 e. The highest BCUT2D eigenvalue weighted by Gasteiger charge is 2.44. The van der Waals surface area contributed by atoms with Crippen LogP contribution in [0, 0.1) is 5.82 Å². The van der Waals surface area contributed by atoms with Crippen molar-refractivity contribution in [3.63, 3.8) is 0 Å². The number of halogens is 1. The molecule has 0 aromatic heterocycles. The van der Waals surface area contributed by atoms with Gasteiger partial charge in [-0.25, -0.2) is 4.39 Å². The third-order valence-corrected chi connectivity index (χ3v) is 8.47. The maximum Gasteiger partial charge on any atom is 0.311 e. The predicted octanol–water partition coefficient (Wildman–Crippen LogP) is 6.44. The van der Waals surface area contributed by atoms with Crippen molar-refractivity contribution < 1.29 is 18.7 Å². The maximum absolute atomic E-state index is 13.5. The predicted molar refractivity (Wildman–Crippen MR) is 155 cm³/mol. The molecule has 0 saturated carbocycles. The van der Waals surface area contributed by atoms with Crippen LogP contribution < -0.4 is 5.73 Å². The van der Waals surface area contributed by atoms with Gasteiger partial charge in [-0.3, -0.25) is 14.5 Å². The van der Waals surface area contributed by atoms with Gasteiger partial charge in [-0.1, -0.05) is 58.3 Å². The lowest BCUT2D eigenvalue weighted by Gasteiger charge is -2.48. The molecule has 39 heavy (non-hydrogen) atoms. The first-order valence-electron chi connectivity index (χ1n) is 15.4. The number of carbonyl (C=O) groups excluding carboxylic acids is 2. The van der Waals surface area contributed by atoms with Crippen molar-refractivity contribution in [2.75, 3.05) is 32.7 Å². The topological polar surface area (TPSA) is 75.9 Å². The Labute approximate surface area is 235 Å². The first-order valence-corrected chi connectivity index (χ1v) is 15.4. The molecular formula is C32H50FN3O3. The maximum atomic E-state index is 13.5. The zero-order valence-corrected chi connectivity index (χ0v) is 24.1. The Morgan fingerprint density at radius 3 is 2.15 bits per heavy atom. The van der Waals surface area contributed by atoms with Crippen molar-refractivity contribution in [2.45, 2.75) is 109 Å². The highest BCUT2D eigenvalue weighted by Crippen LogP contribution is 2.31. The van der Waals surface area contributed by atoms with Crippen LogP contribution in [0.1, 0.15) is 109 Å². The number of benzene rings is 1. The fourth-order valence-corrected chi connectivity index (χ4v) is 5.97. The summed E-state index contributed by atoms with van der Waals surface area (Å²) in [7, 11) is 0. The molecule has 2 N–H and O–H groups in total. The first kappa shape index (κ1) is 31.3. The van der Waals surface area contributed by atoms with Crippen molar-refractivity contribution in [3.8, 4) is 0 Å². The van der Waals surface area contributed by atoms with E-state index < -0.39 is 5.54 Å². The van der Waals surface area contributed by atoms with Crippen molar-refractivity contribution in [1.82, 2.24) is 9.80 Å². The number of rotatable bonds is 16. The zero-order chi connectivity index (χ0) is 27.9. The molecule has 2 fully saturated rings. The first-order chi connectivity index (χ1) is 18.9. The summed E-state index contributed by atoms with van der Waals surface area (Å²) in [5.41, 5.74) is 6.12. The zero-order valence-electron chi connectivity index (χ0n) is 24.1. The smallest absolute Gasteiger partial charge is 0.311 e. The molecule has 2 aliphatic rings. The van der Waals surface area contributed by atoms with Crippen LogP contribution in [0.3, 0.4) is 0 Å². The Balaban J connectivity index is 1.49. The molecule has 218 valence electrons. The highest BCUT2D eigenvalue weighted by atomic mass is 19.1. The normalized spacial score (nSPS) is 18.7. The third-order valence-electron chi connectivity index (χ3n) is 8.47. The number of hydrogen-bond donors (Lipinski definition) is 1. The number of hydrogen-bond acceptors (Lipinski definition) is 5.